The highest BCUT2D eigenvalue weighted by Gasteiger charge is 2.23. The summed E-state index contributed by atoms with van der Waals surface area (Å²) in [7, 11) is -3.82. The lowest BCUT2D eigenvalue weighted by molar-refractivity contribution is -0.131. The first-order chi connectivity index (χ1) is 10.4. The van der Waals surface area contributed by atoms with Crippen LogP contribution < -0.4 is 4.72 Å². The maximum absolute atomic E-state index is 13.3. The Kier molecular flexibility index (Phi) is 5.31. The van der Waals surface area contributed by atoms with E-state index < -0.39 is 21.8 Å². The van der Waals surface area contributed by atoms with Crippen LogP contribution in [0.5, 0.6) is 0 Å². The van der Waals surface area contributed by atoms with E-state index in [1.54, 1.807) is 0 Å². The fraction of sp³-hybridized carbons (Fsp3) is 0.400. The van der Waals surface area contributed by atoms with Crippen LogP contribution in [0.3, 0.4) is 0 Å². The molecular weight excluding hydrogens is 309 g/mol. The van der Waals surface area contributed by atoms with Crippen LogP contribution in [-0.2, 0) is 14.8 Å². The molecule has 0 amide bonds. The predicted molar refractivity (Wildman–Crippen MR) is 80.3 cm³/mol. The van der Waals surface area contributed by atoms with E-state index in [2.05, 4.69) is 4.72 Å². The summed E-state index contributed by atoms with van der Waals surface area (Å²) in [6, 6.07) is 3.09. The Labute approximate surface area is 128 Å². The Balaban J connectivity index is 2.31. The van der Waals surface area contributed by atoms with Crippen molar-refractivity contribution in [2.45, 2.75) is 43.0 Å². The number of hydrogen-bond donors (Lipinski definition) is 2. The molecule has 0 saturated heterocycles. The van der Waals surface area contributed by atoms with Gasteiger partial charge in [-0.25, -0.2) is 22.3 Å². The molecule has 0 heterocycles. The normalized spacial score (nSPS) is 17.0. The second-order valence-electron chi connectivity index (χ2n) is 5.31. The van der Waals surface area contributed by atoms with Crippen molar-refractivity contribution >= 4 is 22.1 Å². The average molecular weight is 327 g/mol. The molecule has 120 valence electrons. The highest BCUT2D eigenvalue weighted by molar-refractivity contribution is 7.89. The van der Waals surface area contributed by atoms with E-state index >= 15 is 0 Å². The zero-order valence-electron chi connectivity index (χ0n) is 12.0. The second-order valence-corrected chi connectivity index (χ2v) is 6.99. The number of halogens is 1. The van der Waals surface area contributed by atoms with E-state index in [9.17, 15) is 17.6 Å². The van der Waals surface area contributed by atoms with Crippen LogP contribution in [0.4, 0.5) is 4.39 Å². The van der Waals surface area contributed by atoms with Crippen molar-refractivity contribution in [1.29, 1.82) is 0 Å². The summed E-state index contributed by atoms with van der Waals surface area (Å²) in [5, 5.41) is 8.65. The number of carboxylic acids is 1. The summed E-state index contributed by atoms with van der Waals surface area (Å²) < 4.78 is 40.9. The Hall–Kier alpha value is -1.73. The molecule has 0 radical (unpaired) electrons. The van der Waals surface area contributed by atoms with Crippen molar-refractivity contribution in [2.24, 2.45) is 0 Å². The molecule has 2 N–H and O–H groups in total. The molecule has 1 aromatic rings. The molecule has 0 aliphatic heterocycles. The lowest BCUT2D eigenvalue weighted by Gasteiger charge is -2.23. The van der Waals surface area contributed by atoms with E-state index in [1.807, 2.05) is 0 Å². The monoisotopic (exact) mass is 327 g/mol. The molecule has 0 spiro atoms. The molecule has 1 saturated carbocycles. The molecule has 1 aromatic carbocycles. The van der Waals surface area contributed by atoms with Crippen molar-refractivity contribution in [3.63, 3.8) is 0 Å². The number of aliphatic carboxylic acids is 1. The standard InChI is InChI=1S/C15H18FNO4S/c16-12-7-8-14(11(10-12)6-9-15(18)19)22(20,21)17-13-4-2-1-3-5-13/h6-10,13,17H,1-5H2,(H,18,19)/b9-6+. The Morgan fingerprint density at radius 3 is 2.59 bits per heavy atom. The largest absolute Gasteiger partial charge is 0.478 e. The minimum atomic E-state index is -3.82. The zero-order valence-corrected chi connectivity index (χ0v) is 12.8. The van der Waals surface area contributed by atoms with Crippen LogP contribution in [0.1, 0.15) is 37.7 Å². The van der Waals surface area contributed by atoms with Gasteiger partial charge >= 0.3 is 5.97 Å². The van der Waals surface area contributed by atoms with Gasteiger partial charge in [-0.05, 0) is 42.7 Å². The van der Waals surface area contributed by atoms with Crippen LogP contribution >= 0.6 is 0 Å². The first-order valence-electron chi connectivity index (χ1n) is 7.11. The van der Waals surface area contributed by atoms with Crippen molar-refractivity contribution in [2.75, 3.05) is 0 Å². The van der Waals surface area contributed by atoms with Crippen LogP contribution in [0, 0.1) is 5.82 Å². The van der Waals surface area contributed by atoms with Gasteiger partial charge in [-0.15, -0.1) is 0 Å². The summed E-state index contributed by atoms with van der Waals surface area (Å²) in [5.41, 5.74) is 0.0192. The molecule has 1 fully saturated rings. The molecule has 2 rings (SSSR count). The second kappa shape index (κ2) is 7.02. The van der Waals surface area contributed by atoms with Gasteiger partial charge in [-0.3, -0.25) is 0 Å². The van der Waals surface area contributed by atoms with Gasteiger partial charge in [0, 0.05) is 12.1 Å². The summed E-state index contributed by atoms with van der Waals surface area (Å²) in [4.78, 5) is 10.5. The minimum Gasteiger partial charge on any atom is -0.478 e. The van der Waals surface area contributed by atoms with Crippen molar-refractivity contribution in [3.05, 3.63) is 35.7 Å². The number of nitrogens with one attached hydrogen (secondary N) is 1. The first kappa shape index (κ1) is 16.6. The van der Waals surface area contributed by atoms with Crippen LogP contribution in [-0.4, -0.2) is 25.5 Å². The third kappa shape index (κ3) is 4.38. The molecular formula is C15H18FNO4S. The molecule has 1 aliphatic rings. The van der Waals surface area contributed by atoms with Crippen molar-refractivity contribution < 1.29 is 22.7 Å². The number of carboxylic acid groups (broad SMARTS) is 1. The predicted octanol–water partition coefficient (Wildman–Crippen LogP) is 2.53. The van der Waals surface area contributed by atoms with Crippen LogP contribution in [0.2, 0.25) is 0 Å². The molecule has 1 aliphatic carbocycles. The van der Waals surface area contributed by atoms with E-state index in [-0.39, 0.29) is 16.5 Å². The van der Waals surface area contributed by atoms with E-state index in [4.69, 9.17) is 5.11 Å². The number of rotatable bonds is 5. The van der Waals surface area contributed by atoms with Gasteiger partial charge in [0.2, 0.25) is 10.0 Å². The first-order valence-corrected chi connectivity index (χ1v) is 8.60. The lowest BCUT2D eigenvalue weighted by atomic mass is 9.96. The third-order valence-electron chi connectivity index (χ3n) is 3.59. The minimum absolute atomic E-state index is 0.0192. The Morgan fingerprint density at radius 1 is 1.27 bits per heavy atom. The summed E-state index contributed by atoms with van der Waals surface area (Å²) in [6.45, 7) is 0. The highest BCUT2D eigenvalue weighted by atomic mass is 32.2. The number of benzene rings is 1. The molecule has 5 nitrogen and oxygen atoms in total. The number of hydrogen-bond acceptors (Lipinski definition) is 3. The van der Waals surface area contributed by atoms with Gasteiger partial charge in [0.1, 0.15) is 5.82 Å². The molecule has 0 unspecified atom stereocenters. The number of carbonyl (C=O) groups is 1. The zero-order chi connectivity index (χ0) is 16.2. The smallest absolute Gasteiger partial charge is 0.328 e. The lowest BCUT2D eigenvalue weighted by Crippen LogP contribution is -2.36. The summed E-state index contributed by atoms with van der Waals surface area (Å²) >= 11 is 0. The molecule has 22 heavy (non-hydrogen) atoms. The van der Waals surface area contributed by atoms with Gasteiger partial charge in [-0.1, -0.05) is 19.3 Å². The van der Waals surface area contributed by atoms with E-state index in [0.717, 1.165) is 62.5 Å². The molecule has 0 atom stereocenters. The Bertz CT molecular complexity index is 679. The van der Waals surface area contributed by atoms with E-state index in [0.29, 0.717) is 0 Å². The fourth-order valence-electron chi connectivity index (χ4n) is 2.56. The quantitative estimate of drug-likeness (QED) is 0.814. The SMILES string of the molecule is O=C(O)/C=C/c1cc(F)ccc1S(=O)(=O)NC1CCCCC1. The van der Waals surface area contributed by atoms with Crippen LogP contribution in [0.15, 0.2) is 29.2 Å². The highest BCUT2D eigenvalue weighted by Crippen LogP contribution is 2.23. The van der Waals surface area contributed by atoms with Crippen molar-refractivity contribution in [3.8, 4) is 0 Å². The topological polar surface area (TPSA) is 83.5 Å². The van der Waals surface area contributed by atoms with Crippen LogP contribution in [0.25, 0.3) is 6.08 Å². The maximum Gasteiger partial charge on any atom is 0.328 e. The molecule has 0 bridgehead atoms. The number of sulfonamides is 1. The summed E-state index contributed by atoms with van der Waals surface area (Å²) in [6.07, 6.45) is 6.48. The van der Waals surface area contributed by atoms with Crippen molar-refractivity contribution in [1.82, 2.24) is 4.72 Å². The van der Waals surface area contributed by atoms with Gasteiger partial charge in [0.25, 0.3) is 0 Å². The molecule has 7 heteroatoms. The average Bonchev–Trinajstić information content (AvgIpc) is 2.45. The molecule has 0 aromatic heterocycles. The van der Waals surface area contributed by atoms with Gasteiger partial charge in [0.05, 0.1) is 4.90 Å². The van der Waals surface area contributed by atoms with Gasteiger partial charge < -0.3 is 5.11 Å². The fourth-order valence-corrected chi connectivity index (χ4v) is 4.04. The van der Waals surface area contributed by atoms with E-state index in [1.165, 1.54) is 0 Å². The van der Waals surface area contributed by atoms with Gasteiger partial charge in [-0.2, -0.15) is 0 Å². The summed E-state index contributed by atoms with van der Waals surface area (Å²) in [5.74, 6) is -1.85. The maximum atomic E-state index is 13.3. The van der Waals surface area contributed by atoms with Gasteiger partial charge in [0.15, 0.2) is 0 Å². The third-order valence-corrected chi connectivity index (χ3v) is 5.19. The Morgan fingerprint density at radius 2 is 1.95 bits per heavy atom.